The van der Waals surface area contributed by atoms with Crippen molar-refractivity contribution in [2.24, 2.45) is 0 Å². The Bertz CT molecular complexity index is 1100. The van der Waals surface area contributed by atoms with E-state index in [-0.39, 0.29) is 28.1 Å². The highest BCUT2D eigenvalue weighted by Crippen LogP contribution is 2.45. The van der Waals surface area contributed by atoms with Crippen molar-refractivity contribution in [3.63, 3.8) is 0 Å². The third kappa shape index (κ3) is 5.72. The van der Waals surface area contributed by atoms with Crippen molar-refractivity contribution in [3.05, 3.63) is 46.5 Å². The lowest BCUT2D eigenvalue weighted by atomic mass is 10.2. The van der Waals surface area contributed by atoms with E-state index in [1.54, 1.807) is 4.72 Å². The van der Waals surface area contributed by atoms with E-state index >= 15 is 0 Å². The fourth-order valence-corrected chi connectivity index (χ4v) is 3.14. The fraction of sp³-hybridized carbons (Fsp3) is 0.294. The zero-order valence-corrected chi connectivity index (χ0v) is 16.7. The number of benzene rings is 1. The van der Waals surface area contributed by atoms with Crippen LogP contribution < -0.4 is 14.2 Å². The van der Waals surface area contributed by atoms with Gasteiger partial charge in [-0.1, -0.05) is 11.6 Å². The van der Waals surface area contributed by atoms with Gasteiger partial charge in [-0.05, 0) is 18.9 Å². The Hall–Kier alpha value is -2.60. The average molecular weight is 469 g/mol. The van der Waals surface area contributed by atoms with Crippen molar-refractivity contribution < 1.29 is 40.2 Å². The maximum absolute atomic E-state index is 14.3. The molecule has 0 saturated heterocycles. The quantitative estimate of drug-likeness (QED) is 0.640. The van der Waals surface area contributed by atoms with Gasteiger partial charge in [0.05, 0.1) is 28.7 Å². The maximum atomic E-state index is 14.3. The van der Waals surface area contributed by atoms with E-state index in [0.717, 1.165) is 18.3 Å². The average Bonchev–Trinajstić information content (AvgIpc) is 3.40. The van der Waals surface area contributed by atoms with Crippen LogP contribution in [0.5, 0.6) is 17.2 Å². The molecular formula is C17H13ClF4N2O5S. The zero-order valence-electron chi connectivity index (χ0n) is 15.1. The molecule has 3 rings (SSSR count). The number of aromatic nitrogens is 1. The fourth-order valence-electron chi connectivity index (χ4n) is 2.49. The Morgan fingerprint density at radius 3 is 2.47 bits per heavy atom. The summed E-state index contributed by atoms with van der Waals surface area (Å²) in [6.45, 7) is 0. The second-order valence-electron chi connectivity index (χ2n) is 6.44. The molecule has 7 nitrogen and oxygen atoms in total. The van der Waals surface area contributed by atoms with Crippen molar-refractivity contribution in [1.29, 1.82) is 0 Å². The standard InChI is InChI=1S/C17H13ClF4N2O5S/c1-30(26,27)24-16(25)10-5-11(18)13(6-12(10)19)28-9-4-14(29-17(20,21)22)15(23-7-9)8-2-3-8/h4-8H,2-3H2,1H3,(H,24,25). The van der Waals surface area contributed by atoms with Gasteiger partial charge in [0.2, 0.25) is 10.0 Å². The van der Waals surface area contributed by atoms with Crippen molar-refractivity contribution in [2.45, 2.75) is 25.1 Å². The van der Waals surface area contributed by atoms with E-state index in [9.17, 15) is 30.8 Å². The van der Waals surface area contributed by atoms with Crippen LogP contribution in [0.4, 0.5) is 17.6 Å². The number of hydrogen-bond donors (Lipinski definition) is 1. The Morgan fingerprint density at radius 1 is 1.23 bits per heavy atom. The number of alkyl halides is 3. The minimum atomic E-state index is -4.94. The molecule has 1 aliphatic carbocycles. The predicted octanol–water partition coefficient (Wildman–Crippen LogP) is 4.13. The summed E-state index contributed by atoms with van der Waals surface area (Å²) in [5.74, 6) is -3.64. The first-order chi connectivity index (χ1) is 13.8. The molecule has 13 heteroatoms. The maximum Gasteiger partial charge on any atom is 0.573 e. The number of nitrogens with zero attached hydrogens (tertiary/aromatic N) is 1. The van der Waals surface area contributed by atoms with Gasteiger partial charge in [-0.3, -0.25) is 9.78 Å². The van der Waals surface area contributed by atoms with Crippen molar-refractivity contribution in [1.82, 2.24) is 9.71 Å². The number of carbonyl (C=O) groups is 1. The molecule has 0 aliphatic heterocycles. The lowest BCUT2D eigenvalue weighted by molar-refractivity contribution is -0.275. The van der Waals surface area contributed by atoms with Gasteiger partial charge in [0.15, 0.2) is 5.75 Å². The van der Waals surface area contributed by atoms with Crippen molar-refractivity contribution >= 4 is 27.5 Å². The van der Waals surface area contributed by atoms with Gasteiger partial charge in [-0.25, -0.2) is 17.5 Å². The van der Waals surface area contributed by atoms with Gasteiger partial charge < -0.3 is 9.47 Å². The first-order valence-electron chi connectivity index (χ1n) is 8.27. The lowest BCUT2D eigenvalue weighted by Gasteiger charge is -2.15. The molecule has 1 aliphatic rings. The summed E-state index contributed by atoms with van der Waals surface area (Å²) in [6, 6.07) is 2.47. The van der Waals surface area contributed by atoms with Crippen LogP contribution in [0.3, 0.4) is 0 Å². The zero-order chi connectivity index (χ0) is 22.3. The van der Waals surface area contributed by atoms with Gasteiger partial charge in [-0.2, -0.15) is 0 Å². The van der Waals surface area contributed by atoms with Crippen LogP contribution in [-0.4, -0.2) is 31.9 Å². The van der Waals surface area contributed by atoms with Gasteiger partial charge in [0, 0.05) is 18.1 Å². The van der Waals surface area contributed by atoms with Crippen LogP contribution >= 0.6 is 11.6 Å². The molecule has 0 unspecified atom stereocenters. The molecule has 1 fully saturated rings. The number of hydrogen-bond acceptors (Lipinski definition) is 6. The monoisotopic (exact) mass is 468 g/mol. The molecule has 2 aromatic rings. The van der Waals surface area contributed by atoms with Gasteiger partial charge >= 0.3 is 6.36 Å². The minimum absolute atomic E-state index is 0.129. The Labute approximate surface area is 173 Å². The Balaban J connectivity index is 1.88. The number of sulfonamides is 1. The number of rotatable bonds is 6. The normalized spacial score (nSPS) is 14.3. The summed E-state index contributed by atoms with van der Waals surface area (Å²) in [5, 5.41) is -0.292. The summed E-state index contributed by atoms with van der Waals surface area (Å²) in [6.07, 6.45) is -1.75. The molecule has 30 heavy (non-hydrogen) atoms. The minimum Gasteiger partial charge on any atom is -0.454 e. The number of nitrogens with one attached hydrogen (secondary N) is 1. The van der Waals surface area contributed by atoms with E-state index in [1.165, 1.54) is 0 Å². The van der Waals surface area contributed by atoms with E-state index in [2.05, 4.69) is 9.72 Å². The molecule has 1 aromatic heterocycles. The van der Waals surface area contributed by atoms with Crippen LogP contribution in [0.2, 0.25) is 5.02 Å². The summed E-state index contributed by atoms with van der Waals surface area (Å²) < 4.78 is 85.4. The number of pyridine rings is 1. The van der Waals surface area contributed by atoms with Crippen LogP contribution in [0, 0.1) is 5.82 Å². The first-order valence-corrected chi connectivity index (χ1v) is 10.5. The van der Waals surface area contributed by atoms with E-state index in [0.29, 0.717) is 25.2 Å². The predicted molar refractivity (Wildman–Crippen MR) is 96.7 cm³/mol. The third-order valence-corrected chi connectivity index (χ3v) is 4.67. The molecular weight excluding hydrogens is 456 g/mol. The molecule has 0 spiro atoms. The molecule has 1 saturated carbocycles. The second kappa shape index (κ2) is 7.91. The van der Waals surface area contributed by atoms with E-state index in [4.69, 9.17) is 16.3 Å². The van der Waals surface area contributed by atoms with Crippen LogP contribution in [0.25, 0.3) is 0 Å². The number of carbonyl (C=O) groups excluding carboxylic acids is 1. The van der Waals surface area contributed by atoms with Crippen LogP contribution in [0.1, 0.15) is 34.8 Å². The first kappa shape index (κ1) is 22.1. The highest BCUT2D eigenvalue weighted by Gasteiger charge is 2.36. The van der Waals surface area contributed by atoms with Crippen LogP contribution in [-0.2, 0) is 10.0 Å². The Morgan fingerprint density at radius 2 is 1.90 bits per heavy atom. The highest BCUT2D eigenvalue weighted by molar-refractivity contribution is 7.89. The summed E-state index contributed by atoms with van der Waals surface area (Å²) in [4.78, 5) is 15.8. The number of halogens is 5. The van der Waals surface area contributed by atoms with Gasteiger partial charge in [0.25, 0.3) is 5.91 Å². The molecule has 162 valence electrons. The summed E-state index contributed by atoms with van der Waals surface area (Å²) in [7, 11) is -3.94. The largest absolute Gasteiger partial charge is 0.573 e. The molecule has 0 radical (unpaired) electrons. The van der Waals surface area contributed by atoms with Gasteiger partial charge in [-0.15, -0.1) is 13.2 Å². The number of ether oxygens (including phenoxy) is 2. The van der Waals surface area contributed by atoms with Crippen molar-refractivity contribution in [3.8, 4) is 17.2 Å². The summed E-state index contributed by atoms with van der Waals surface area (Å²) >= 11 is 5.95. The molecule has 1 heterocycles. The highest BCUT2D eigenvalue weighted by atomic mass is 35.5. The van der Waals surface area contributed by atoms with Crippen LogP contribution in [0.15, 0.2) is 24.4 Å². The molecule has 1 amide bonds. The summed E-state index contributed by atoms with van der Waals surface area (Å²) in [5.41, 5.74) is -0.536. The molecule has 1 N–H and O–H groups in total. The van der Waals surface area contributed by atoms with E-state index in [1.807, 2.05) is 0 Å². The van der Waals surface area contributed by atoms with E-state index < -0.39 is 39.4 Å². The lowest BCUT2D eigenvalue weighted by Crippen LogP contribution is -2.30. The number of amides is 1. The Kier molecular flexibility index (Phi) is 5.83. The molecule has 1 aromatic carbocycles. The topological polar surface area (TPSA) is 94.6 Å². The van der Waals surface area contributed by atoms with Crippen molar-refractivity contribution in [2.75, 3.05) is 6.26 Å². The third-order valence-electron chi connectivity index (χ3n) is 3.82. The smallest absolute Gasteiger partial charge is 0.454 e. The van der Waals surface area contributed by atoms with Gasteiger partial charge in [0.1, 0.15) is 17.3 Å². The molecule has 0 bridgehead atoms. The SMILES string of the molecule is CS(=O)(=O)NC(=O)c1cc(Cl)c(Oc2cnc(C3CC3)c(OC(F)(F)F)c2)cc1F. The molecule has 0 atom stereocenters. The second-order valence-corrected chi connectivity index (χ2v) is 8.60.